The van der Waals surface area contributed by atoms with Crippen LogP contribution in [0.5, 0.6) is 0 Å². The van der Waals surface area contributed by atoms with Gasteiger partial charge in [0.05, 0.1) is 0 Å². The Morgan fingerprint density at radius 2 is 1.94 bits per heavy atom. The molecule has 0 radical (unpaired) electrons. The van der Waals surface area contributed by atoms with Gasteiger partial charge in [-0.2, -0.15) is 0 Å². The second-order valence-electron chi connectivity index (χ2n) is 6.57. The molecule has 0 aromatic rings. The molecule has 3 nitrogen and oxygen atoms in total. The summed E-state index contributed by atoms with van der Waals surface area (Å²) in [7, 11) is 0. The minimum Gasteiger partial charge on any atom is -0.356 e. The van der Waals surface area contributed by atoms with Crippen LogP contribution in [0.15, 0.2) is 0 Å². The lowest BCUT2D eigenvalue weighted by atomic mass is 9.86. The summed E-state index contributed by atoms with van der Waals surface area (Å²) in [5, 5.41) is 6.56. The first-order valence-electron chi connectivity index (χ1n) is 7.81. The van der Waals surface area contributed by atoms with Gasteiger partial charge in [0, 0.05) is 19.0 Å². The molecule has 3 aliphatic carbocycles. The lowest BCUT2D eigenvalue weighted by Crippen LogP contribution is -2.30. The molecule has 0 saturated heterocycles. The van der Waals surface area contributed by atoms with E-state index < -0.39 is 0 Å². The van der Waals surface area contributed by atoms with Gasteiger partial charge in [-0.1, -0.05) is 6.42 Å². The van der Waals surface area contributed by atoms with E-state index in [1.165, 1.54) is 38.5 Å². The van der Waals surface area contributed by atoms with Gasteiger partial charge >= 0.3 is 0 Å². The van der Waals surface area contributed by atoms with Gasteiger partial charge < -0.3 is 10.6 Å². The van der Waals surface area contributed by atoms with E-state index in [0.717, 1.165) is 43.8 Å². The van der Waals surface area contributed by atoms with E-state index in [2.05, 4.69) is 10.6 Å². The summed E-state index contributed by atoms with van der Waals surface area (Å²) in [6.45, 7) is 1.90. The Morgan fingerprint density at radius 1 is 1.06 bits per heavy atom. The average molecular weight is 250 g/mol. The Morgan fingerprint density at radius 3 is 2.61 bits per heavy atom. The Balaban J connectivity index is 1.25. The third kappa shape index (κ3) is 3.25. The predicted octanol–water partition coefficient (Wildman–Crippen LogP) is 2.07. The second kappa shape index (κ2) is 5.60. The lowest BCUT2D eigenvalue weighted by Gasteiger charge is -2.20. The first kappa shape index (κ1) is 12.5. The van der Waals surface area contributed by atoms with Crippen LogP contribution in [0.3, 0.4) is 0 Å². The van der Waals surface area contributed by atoms with Gasteiger partial charge in [0.15, 0.2) is 0 Å². The fraction of sp³-hybridized carbons (Fsp3) is 0.933. The van der Waals surface area contributed by atoms with Crippen molar-refractivity contribution in [3.05, 3.63) is 0 Å². The fourth-order valence-corrected chi connectivity index (χ4v) is 3.85. The summed E-state index contributed by atoms with van der Waals surface area (Å²) in [5.41, 5.74) is 0. The maximum Gasteiger partial charge on any atom is 0.220 e. The van der Waals surface area contributed by atoms with Gasteiger partial charge in [0.2, 0.25) is 5.91 Å². The molecular formula is C15H26N2O. The monoisotopic (exact) mass is 250 g/mol. The SMILES string of the molecule is O=C(CC1CC2CCC1C2)NCCCNC1CC1. The van der Waals surface area contributed by atoms with Crippen molar-refractivity contribution in [1.29, 1.82) is 0 Å². The highest BCUT2D eigenvalue weighted by Gasteiger charge is 2.39. The first-order valence-corrected chi connectivity index (χ1v) is 7.81. The summed E-state index contributed by atoms with van der Waals surface area (Å²) in [5.74, 6) is 2.82. The van der Waals surface area contributed by atoms with E-state index in [9.17, 15) is 4.79 Å². The largest absolute Gasteiger partial charge is 0.356 e. The minimum atomic E-state index is 0.291. The first-order chi connectivity index (χ1) is 8.81. The standard InChI is InChI=1S/C15H26N2O/c18-15(17-7-1-6-16-14-4-5-14)10-13-9-11-2-3-12(13)8-11/h11-14,16H,1-10H2,(H,17,18). The molecule has 0 spiro atoms. The molecule has 3 heteroatoms. The van der Waals surface area contributed by atoms with Crippen LogP contribution in [0.1, 0.15) is 51.4 Å². The summed E-state index contributed by atoms with van der Waals surface area (Å²) in [6.07, 6.45) is 10.1. The van der Waals surface area contributed by atoms with Crippen LogP contribution in [-0.4, -0.2) is 25.0 Å². The zero-order valence-electron chi connectivity index (χ0n) is 11.3. The van der Waals surface area contributed by atoms with Gasteiger partial charge in [-0.25, -0.2) is 0 Å². The number of hydrogen-bond acceptors (Lipinski definition) is 2. The van der Waals surface area contributed by atoms with E-state index in [0.29, 0.717) is 11.8 Å². The van der Waals surface area contributed by atoms with E-state index in [-0.39, 0.29) is 0 Å². The molecule has 3 atom stereocenters. The number of amides is 1. The van der Waals surface area contributed by atoms with Gasteiger partial charge in [-0.05, 0) is 62.8 Å². The molecule has 3 fully saturated rings. The number of nitrogens with one attached hydrogen (secondary N) is 2. The Labute approximate surface area is 110 Å². The minimum absolute atomic E-state index is 0.291. The molecule has 3 aliphatic rings. The highest BCUT2D eigenvalue weighted by molar-refractivity contribution is 5.76. The maximum atomic E-state index is 11.9. The molecule has 3 rings (SSSR count). The van der Waals surface area contributed by atoms with Gasteiger partial charge in [-0.3, -0.25) is 4.79 Å². The van der Waals surface area contributed by atoms with E-state index in [1.807, 2.05) is 0 Å². The van der Waals surface area contributed by atoms with Crippen molar-refractivity contribution in [2.75, 3.05) is 13.1 Å². The molecule has 1 amide bonds. The molecule has 2 N–H and O–H groups in total. The third-order valence-electron chi connectivity index (χ3n) is 5.02. The highest BCUT2D eigenvalue weighted by Crippen LogP contribution is 2.49. The quantitative estimate of drug-likeness (QED) is 0.679. The highest BCUT2D eigenvalue weighted by atomic mass is 16.1. The van der Waals surface area contributed by atoms with Crippen molar-refractivity contribution in [2.45, 2.75) is 57.4 Å². The van der Waals surface area contributed by atoms with E-state index in [1.54, 1.807) is 0 Å². The summed E-state index contributed by atoms with van der Waals surface area (Å²) >= 11 is 0. The molecule has 102 valence electrons. The molecule has 0 heterocycles. The molecule has 0 aromatic carbocycles. The fourth-order valence-electron chi connectivity index (χ4n) is 3.85. The number of carbonyl (C=O) groups is 1. The van der Waals surface area contributed by atoms with Crippen molar-refractivity contribution < 1.29 is 4.79 Å². The van der Waals surface area contributed by atoms with Crippen molar-refractivity contribution in [2.24, 2.45) is 17.8 Å². The van der Waals surface area contributed by atoms with Crippen LogP contribution >= 0.6 is 0 Å². The Kier molecular flexibility index (Phi) is 3.88. The average Bonchev–Trinajstić information content (AvgIpc) is 2.95. The van der Waals surface area contributed by atoms with Crippen molar-refractivity contribution >= 4 is 5.91 Å². The smallest absolute Gasteiger partial charge is 0.220 e. The summed E-state index contributed by atoms with van der Waals surface area (Å²) < 4.78 is 0. The van der Waals surface area contributed by atoms with E-state index >= 15 is 0 Å². The van der Waals surface area contributed by atoms with Crippen LogP contribution < -0.4 is 10.6 Å². The van der Waals surface area contributed by atoms with Crippen molar-refractivity contribution in [3.8, 4) is 0 Å². The normalized spacial score (nSPS) is 33.9. The molecule has 2 bridgehead atoms. The van der Waals surface area contributed by atoms with Crippen LogP contribution in [0, 0.1) is 17.8 Å². The number of carbonyl (C=O) groups excluding carboxylic acids is 1. The van der Waals surface area contributed by atoms with E-state index in [4.69, 9.17) is 0 Å². The molecular weight excluding hydrogens is 224 g/mol. The molecule has 0 aliphatic heterocycles. The molecule has 18 heavy (non-hydrogen) atoms. The summed E-state index contributed by atoms with van der Waals surface area (Å²) in [6, 6.07) is 0.787. The van der Waals surface area contributed by atoms with Crippen LogP contribution in [0.4, 0.5) is 0 Å². The Hall–Kier alpha value is -0.570. The van der Waals surface area contributed by atoms with Crippen molar-refractivity contribution in [1.82, 2.24) is 10.6 Å². The Bertz CT molecular complexity index is 301. The van der Waals surface area contributed by atoms with Crippen LogP contribution in [0.25, 0.3) is 0 Å². The summed E-state index contributed by atoms with van der Waals surface area (Å²) in [4.78, 5) is 11.9. The zero-order valence-corrected chi connectivity index (χ0v) is 11.3. The number of hydrogen-bond donors (Lipinski definition) is 2. The van der Waals surface area contributed by atoms with Crippen LogP contribution in [0.2, 0.25) is 0 Å². The van der Waals surface area contributed by atoms with Gasteiger partial charge in [0.25, 0.3) is 0 Å². The molecule has 3 saturated carbocycles. The number of fused-ring (bicyclic) bond motifs is 2. The second-order valence-corrected chi connectivity index (χ2v) is 6.57. The number of rotatable bonds is 7. The van der Waals surface area contributed by atoms with Gasteiger partial charge in [0.1, 0.15) is 0 Å². The third-order valence-corrected chi connectivity index (χ3v) is 5.02. The molecule has 3 unspecified atom stereocenters. The van der Waals surface area contributed by atoms with Crippen LogP contribution in [-0.2, 0) is 4.79 Å². The van der Waals surface area contributed by atoms with Gasteiger partial charge in [-0.15, -0.1) is 0 Å². The topological polar surface area (TPSA) is 41.1 Å². The van der Waals surface area contributed by atoms with Crippen molar-refractivity contribution in [3.63, 3.8) is 0 Å². The lowest BCUT2D eigenvalue weighted by molar-refractivity contribution is -0.122. The zero-order chi connectivity index (χ0) is 12.4. The predicted molar refractivity (Wildman–Crippen MR) is 72.2 cm³/mol. The molecule has 0 aromatic heterocycles. The maximum absolute atomic E-state index is 11.9.